The summed E-state index contributed by atoms with van der Waals surface area (Å²) in [5.74, 6) is -4.20. The van der Waals surface area contributed by atoms with E-state index >= 15 is 9.59 Å². The first-order valence-corrected chi connectivity index (χ1v) is 23.7. The number of benzene rings is 2. The Morgan fingerprint density at radius 1 is 1.04 bits per heavy atom. The number of imide groups is 1. The molecule has 71 heavy (non-hydrogen) atoms. The lowest BCUT2D eigenvalue weighted by Crippen LogP contribution is -2.68. The van der Waals surface area contributed by atoms with Crippen molar-refractivity contribution in [2.45, 2.75) is 88.4 Å². The minimum Gasteiger partial charge on any atom is -0.507 e. The van der Waals surface area contributed by atoms with E-state index in [1.807, 2.05) is 18.4 Å². The molecule has 2 aromatic rings. The van der Waals surface area contributed by atoms with Crippen LogP contribution in [-0.2, 0) is 40.1 Å². The van der Waals surface area contributed by atoms with E-state index in [-0.39, 0.29) is 90.0 Å². The van der Waals surface area contributed by atoms with Crippen LogP contribution in [0.25, 0.3) is 0 Å². The number of phenols is 1. The number of phenolic OH excluding ortho intramolecular Hbond substituents is 1. The number of fused-ring (bicyclic) bond motifs is 4. The van der Waals surface area contributed by atoms with Crippen LogP contribution in [0.3, 0.4) is 0 Å². The van der Waals surface area contributed by atoms with E-state index in [0.717, 1.165) is 22.6 Å². The minimum absolute atomic E-state index is 0.000550. The van der Waals surface area contributed by atoms with Crippen LogP contribution in [0.4, 0.5) is 0 Å². The first-order chi connectivity index (χ1) is 34.0. The average Bonchev–Trinajstić information content (AvgIpc) is 3.55. The molecular formula is C50H62N8O13. The summed E-state index contributed by atoms with van der Waals surface area (Å²) in [5.41, 5.74) is 18.3. The maximum atomic E-state index is 15.5. The summed E-state index contributed by atoms with van der Waals surface area (Å²) in [7, 11) is 2.85. The van der Waals surface area contributed by atoms with Crippen LogP contribution < -0.4 is 42.6 Å². The quantitative estimate of drug-likeness (QED) is 0.0377. The summed E-state index contributed by atoms with van der Waals surface area (Å²) in [6.45, 7) is 0.642. The molecule has 0 radical (unpaired) electrons. The van der Waals surface area contributed by atoms with Crippen LogP contribution in [0, 0.1) is 17.8 Å². The van der Waals surface area contributed by atoms with Gasteiger partial charge in [-0.05, 0) is 84.8 Å². The number of aromatic hydroxyl groups is 1. The second-order valence-corrected chi connectivity index (χ2v) is 18.6. The number of aliphatic hydroxyl groups excluding tert-OH is 4. The molecule has 1 unspecified atom stereocenters. The topological polar surface area (TPSA) is 347 Å². The van der Waals surface area contributed by atoms with E-state index in [2.05, 4.69) is 20.9 Å². The van der Waals surface area contributed by atoms with Crippen molar-refractivity contribution in [3.8, 4) is 17.2 Å². The third-order valence-electron chi connectivity index (χ3n) is 14.6. The highest BCUT2D eigenvalue weighted by atomic mass is 16.7. The summed E-state index contributed by atoms with van der Waals surface area (Å²) in [4.78, 5) is 61.2. The number of hydrogen-bond acceptors (Lipinski definition) is 18. The summed E-state index contributed by atoms with van der Waals surface area (Å²) in [5, 5.41) is 78.6. The standard InChI is InChI=1S/C50H62N8O13/c1-4-27-32(69-3)17-33(70-48-46(66)47(67)50(68,34(22-60)71-48)18-26(24-11-13-55-36(52)15-24)21-58-37(61)9-10-38(58)62)41-39(27)44(64)40-28-7-5-23(12-14-59)29(25-6-8-35(51)56-19-25)16-30(28)31(20-57-49(53)54-2)43(63)42(40)45(41)65/h6,8-11,15,17,19,23,26,29,34-35,46-48,55-56,59-60,63,66-68H,4-5,7,12-14,16,18,20-22,51-52H2,1-3H3,(H3,53,54,57)/t23-,26+,29+,34+,35?,46+,47+,48+,50+/m0/s1. The first kappa shape index (κ1) is 50.8. The molecule has 2 aliphatic carbocycles. The third kappa shape index (κ3) is 9.29. The number of guanidine groups is 1. The van der Waals surface area contributed by atoms with Crippen molar-refractivity contribution in [3.63, 3.8) is 0 Å². The number of ether oxygens (including phenoxy) is 3. The summed E-state index contributed by atoms with van der Waals surface area (Å²) in [6, 6.07) is 1.33. The van der Waals surface area contributed by atoms with Gasteiger partial charge in [-0.3, -0.25) is 29.1 Å². The van der Waals surface area contributed by atoms with Crippen LogP contribution in [-0.4, -0.2) is 142 Å². The number of amides is 2. The maximum Gasteiger partial charge on any atom is 0.253 e. The Balaban J connectivity index is 1.20. The minimum atomic E-state index is -2.46. The fourth-order valence-corrected chi connectivity index (χ4v) is 11.0. The molecule has 1 fully saturated rings. The number of nitrogens with zero attached hydrogens (tertiary/aromatic N) is 2. The number of nitrogens with one attached hydrogen (secondary N) is 3. The van der Waals surface area contributed by atoms with Gasteiger partial charge in [0.05, 0.1) is 36.8 Å². The largest absolute Gasteiger partial charge is 0.507 e. The third-order valence-corrected chi connectivity index (χ3v) is 14.6. The smallest absolute Gasteiger partial charge is 0.253 e. The van der Waals surface area contributed by atoms with E-state index < -0.39 is 84.4 Å². The summed E-state index contributed by atoms with van der Waals surface area (Å²) in [6.07, 6.45) is 4.11. The van der Waals surface area contributed by atoms with Gasteiger partial charge >= 0.3 is 0 Å². The van der Waals surface area contributed by atoms with Gasteiger partial charge < -0.3 is 78.0 Å². The molecule has 4 aliphatic heterocycles. The van der Waals surface area contributed by atoms with Crippen LogP contribution in [0.1, 0.15) is 80.3 Å². The predicted octanol–water partition coefficient (Wildman–Crippen LogP) is -0.986. The first-order valence-electron chi connectivity index (χ1n) is 23.7. The van der Waals surface area contributed by atoms with Gasteiger partial charge in [0.15, 0.2) is 11.7 Å². The molecular weight excluding hydrogens is 921 g/mol. The highest BCUT2D eigenvalue weighted by Gasteiger charge is 2.57. The molecule has 9 atom stereocenters. The van der Waals surface area contributed by atoms with Gasteiger partial charge in [0.2, 0.25) is 12.1 Å². The number of carbonyl (C=O) groups is 4. The monoisotopic (exact) mass is 982 g/mol. The molecule has 6 aliphatic rings. The lowest BCUT2D eigenvalue weighted by atomic mass is 9.74. The van der Waals surface area contributed by atoms with E-state index in [4.69, 9.17) is 31.4 Å². The number of ketones is 2. The van der Waals surface area contributed by atoms with Crippen molar-refractivity contribution >= 4 is 29.3 Å². The van der Waals surface area contributed by atoms with Crippen molar-refractivity contribution < 1.29 is 64.0 Å². The normalized spacial score (nSPS) is 27.6. The Labute approximate surface area is 409 Å². The molecule has 2 amide bonds. The number of dihydropyridines is 2. The number of aliphatic imine (C=N–C) groups is 1. The molecule has 8 rings (SSSR count). The number of nitrogens with two attached hydrogens (primary N) is 3. The number of hydrogen-bond donors (Lipinski definition) is 12. The second-order valence-electron chi connectivity index (χ2n) is 18.6. The van der Waals surface area contributed by atoms with Crippen molar-refractivity contribution in [2.75, 3.05) is 40.5 Å². The molecule has 21 nitrogen and oxygen atoms in total. The van der Waals surface area contributed by atoms with Crippen molar-refractivity contribution in [1.82, 2.24) is 20.9 Å². The van der Waals surface area contributed by atoms with Crippen LogP contribution in [0.5, 0.6) is 17.2 Å². The summed E-state index contributed by atoms with van der Waals surface area (Å²) >= 11 is 0. The number of methoxy groups -OCH3 is 1. The number of aliphatic hydroxyl groups is 5. The van der Waals surface area contributed by atoms with Crippen molar-refractivity contribution in [2.24, 2.45) is 39.9 Å². The van der Waals surface area contributed by atoms with Crippen molar-refractivity contribution in [3.05, 3.63) is 110 Å². The Morgan fingerprint density at radius 2 is 1.77 bits per heavy atom. The second kappa shape index (κ2) is 20.6. The number of rotatable bonds is 15. The zero-order valence-corrected chi connectivity index (χ0v) is 39.7. The number of allylic oxidation sites excluding steroid dienone is 3. The highest BCUT2D eigenvalue weighted by Crippen LogP contribution is 2.49. The fourth-order valence-electron chi connectivity index (χ4n) is 11.0. The van der Waals surface area contributed by atoms with Gasteiger partial charge in [-0.1, -0.05) is 19.1 Å². The Bertz CT molecular complexity index is 2670. The van der Waals surface area contributed by atoms with Gasteiger partial charge in [0.25, 0.3) is 11.8 Å². The van der Waals surface area contributed by atoms with Gasteiger partial charge in [-0.15, -0.1) is 0 Å². The maximum absolute atomic E-state index is 15.5. The highest BCUT2D eigenvalue weighted by molar-refractivity contribution is 6.31. The van der Waals surface area contributed by atoms with Gasteiger partial charge in [-0.2, -0.15) is 0 Å². The Kier molecular flexibility index (Phi) is 14.8. The lowest BCUT2D eigenvalue weighted by molar-refractivity contribution is -0.316. The van der Waals surface area contributed by atoms with Crippen LogP contribution in [0.2, 0.25) is 0 Å². The van der Waals surface area contributed by atoms with Crippen LogP contribution in [0.15, 0.2) is 70.7 Å². The van der Waals surface area contributed by atoms with E-state index in [1.165, 1.54) is 20.2 Å². The molecule has 4 heterocycles. The van der Waals surface area contributed by atoms with Crippen LogP contribution >= 0.6 is 0 Å². The zero-order valence-electron chi connectivity index (χ0n) is 39.7. The molecule has 380 valence electrons. The Hall–Kier alpha value is -6.59. The fraction of sp³-hybridized carbons (Fsp3) is 0.460. The summed E-state index contributed by atoms with van der Waals surface area (Å²) < 4.78 is 18.2. The van der Waals surface area contributed by atoms with Gasteiger partial charge in [0.1, 0.15) is 41.2 Å². The molecule has 2 aromatic carbocycles. The van der Waals surface area contributed by atoms with Gasteiger partial charge in [0, 0.05) is 85.9 Å². The molecule has 1 saturated heterocycles. The van der Waals surface area contributed by atoms with E-state index in [0.29, 0.717) is 53.5 Å². The molecule has 21 heteroatoms. The molecule has 0 spiro atoms. The van der Waals surface area contributed by atoms with Crippen molar-refractivity contribution in [1.29, 1.82) is 0 Å². The molecule has 15 N–H and O–H groups in total. The van der Waals surface area contributed by atoms with E-state index in [1.54, 1.807) is 19.1 Å². The van der Waals surface area contributed by atoms with Gasteiger partial charge in [-0.25, -0.2) is 0 Å². The zero-order chi connectivity index (χ0) is 51.1. The Morgan fingerprint density at radius 3 is 2.41 bits per heavy atom. The SMILES string of the molecule is CCc1c(OC)cc(O[C@@H]2O[C@H](CO)[C@](O)(C[C@H](CN3C(=O)C=CC3=O)C3=CCNC(N)=C3)[C@H](O)[C@H]2O)c2c1C(=O)c1c3c(c(CNC(N)=NC)c(O)c1C2=O)C[C@@H](C1=CNC(N)C=C1)[C@H](CCO)CC3. The average molecular weight is 983 g/mol. The predicted molar refractivity (Wildman–Crippen MR) is 256 cm³/mol. The lowest BCUT2D eigenvalue weighted by Gasteiger charge is -2.49. The molecule has 0 bridgehead atoms. The van der Waals surface area contributed by atoms with E-state index in [9.17, 15) is 40.2 Å². The molecule has 0 saturated carbocycles. The number of carbonyl (C=O) groups excluding carboxylic acids is 4. The molecule has 0 aromatic heterocycles.